The van der Waals surface area contributed by atoms with Gasteiger partial charge in [0.15, 0.2) is 0 Å². The standard InChI is InChI=1S/C31H25N3O5S.ClH/c1-34-27-18-25(39-24-13-11-23(12-14-24)38-22-5-3-2-4-6-22)15-16-26(27)32-29(34)19-37-21-9-7-20(8-10-21)17-28-30(35)33-31(36)40-28;/h2-16,18,28H,17,19H2,1H3,(H,33,35,36);1H. The predicted octanol–water partition coefficient (Wildman–Crippen LogP) is 7.05. The number of aromatic nitrogens is 2. The van der Waals surface area contributed by atoms with Crippen LogP contribution in [0.3, 0.4) is 0 Å². The van der Waals surface area contributed by atoms with E-state index in [9.17, 15) is 9.59 Å². The number of hydrogen-bond acceptors (Lipinski definition) is 7. The average molecular weight is 588 g/mol. The highest BCUT2D eigenvalue weighted by Gasteiger charge is 2.31. The highest BCUT2D eigenvalue weighted by molar-refractivity contribution is 8.15. The average Bonchev–Trinajstić information content (AvgIpc) is 3.46. The van der Waals surface area contributed by atoms with Gasteiger partial charge in [-0.1, -0.05) is 42.1 Å². The number of para-hydroxylation sites is 1. The Kier molecular flexibility index (Phi) is 8.47. The zero-order chi connectivity index (χ0) is 27.5. The lowest BCUT2D eigenvalue weighted by Crippen LogP contribution is -2.25. The summed E-state index contributed by atoms with van der Waals surface area (Å²) in [5.74, 6) is 4.14. The third-order valence-corrected chi connectivity index (χ3v) is 7.44. The minimum absolute atomic E-state index is 0. The molecule has 1 aliphatic rings. The number of fused-ring (bicyclic) bond motifs is 1. The number of nitrogens with zero attached hydrogens (tertiary/aromatic N) is 2. The van der Waals surface area contributed by atoms with Crippen LogP contribution in [-0.4, -0.2) is 25.9 Å². The molecule has 1 aromatic heterocycles. The van der Waals surface area contributed by atoms with Crippen molar-refractivity contribution in [2.45, 2.75) is 18.3 Å². The van der Waals surface area contributed by atoms with Crippen molar-refractivity contribution in [1.29, 1.82) is 0 Å². The van der Waals surface area contributed by atoms with Crippen LogP contribution < -0.4 is 19.5 Å². The third kappa shape index (κ3) is 6.65. The first-order valence-corrected chi connectivity index (χ1v) is 13.6. The third-order valence-electron chi connectivity index (χ3n) is 6.46. The molecule has 1 unspecified atom stereocenters. The van der Waals surface area contributed by atoms with Gasteiger partial charge in [-0.05, 0) is 72.6 Å². The van der Waals surface area contributed by atoms with Gasteiger partial charge >= 0.3 is 0 Å². The Morgan fingerprint density at radius 2 is 1.41 bits per heavy atom. The summed E-state index contributed by atoms with van der Waals surface area (Å²) < 4.78 is 19.9. The molecular formula is C31H26ClN3O5S. The van der Waals surface area contributed by atoms with Crippen molar-refractivity contribution in [2.24, 2.45) is 7.05 Å². The Labute approximate surface area is 247 Å². The maximum absolute atomic E-state index is 11.8. The van der Waals surface area contributed by atoms with Gasteiger partial charge in [-0.25, -0.2) is 4.98 Å². The maximum Gasteiger partial charge on any atom is 0.286 e. The number of ether oxygens (including phenoxy) is 3. The molecule has 1 aliphatic heterocycles. The first-order valence-electron chi connectivity index (χ1n) is 12.7. The molecule has 208 valence electrons. The molecule has 1 fully saturated rings. The number of thioether (sulfide) groups is 1. The summed E-state index contributed by atoms with van der Waals surface area (Å²) in [5.41, 5.74) is 2.73. The van der Waals surface area contributed by atoms with Crippen molar-refractivity contribution in [1.82, 2.24) is 14.9 Å². The van der Waals surface area contributed by atoms with E-state index in [0.29, 0.717) is 30.3 Å². The van der Waals surface area contributed by atoms with E-state index < -0.39 is 0 Å². The lowest BCUT2D eigenvalue weighted by atomic mass is 10.1. The number of rotatable bonds is 9. The first-order chi connectivity index (χ1) is 19.5. The Morgan fingerprint density at radius 3 is 2.07 bits per heavy atom. The van der Waals surface area contributed by atoms with E-state index in [2.05, 4.69) is 5.32 Å². The van der Waals surface area contributed by atoms with Crippen molar-refractivity contribution in [3.8, 4) is 28.7 Å². The van der Waals surface area contributed by atoms with Gasteiger partial charge in [0.1, 0.15) is 41.2 Å². The molecule has 0 saturated carbocycles. The van der Waals surface area contributed by atoms with Gasteiger partial charge in [-0.15, -0.1) is 12.4 Å². The predicted molar refractivity (Wildman–Crippen MR) is 160 cm³/mol. The van der Waals surface area contributed by atoms with Crippen molar-refractivity contribution in [3.05, 3.63) is 108 Å². The zero-order valence-corrected chi connectivity index (χ0v) is 23.6. The van der Waals surface area contributed by atoms with Gasteiger partial charge in [0, 0.05) is 13.1 Å². The monoisotopic (exact) mass is 587 g/mol. The van der Waals surface area contributed by atoms with E-state index in [4.69, 9.17) is 19.2 Å². The van der Waals surface area contributed by atoms with E-state index in [1.165, 1.54) is 0 Å². The van der Waals surface area contributed by atoms with Gasteiger partial charge in [0.25, 0.3) is 5.24 Å². The number of halogens is 1. The van der Waals surface area contributed by atoms with Crippen molar-refractivity contribution in [2.75, 3.05) is 0 Å². The van der Waals surface area contributed by atoms with E-state index >= 15 is 0 Å². The van der Waals surface area contributed by atoms with Crippen LogP contribution in [0.15, 0.2) is 97.1 Å². The minimum Gasteiger partial charge on any atom is -0.486 e. The molecule has 5 aromatic rings. The van der Waals surface area contributed by atoms with E-state index in [-0.39, 0.29) is 28.8 Å². The minimum atomic E-state index is -0.388. The zero-order valence-electron chi connectivity index (χ0n) is 22.0. The summed E-state index contributed by atoms with van der Waals surface area (Å²) in [6, 6.07) is 30.4. The van der Waals surface area contributed by atoms with Gasteiger partial charge < -0.3 is 18.8 Å². The van der Waals surface area contributed by atoms with Gasteiger partial charge in [0.2, 0.25) is 5.91 Å². The Hall–Kier alpha value is -4.47. The highest BCUT2D eigenvalue weighted by Crippen LogP contribution is 2.29. The van der Waals surface area contributed by atoms with Gasteiger partial charge in [-0.2, -0.15) is 0 Å². The second-order valence-corrected chi connectivity index (χ2v) is 10.4. The van der Waals surface area contributed by atoms with Crippen LogP contribution >= 0.6 is 24.2 Å². The largest absolute Gasteiger partial charge is 0.486 e. The van der Waals surface area contributed by atoms with Crippen LogP contribution in [0.2, 0.25) is 0 Å². The fraction of sp³-hybridized carbons (Fsp3) is 0.129. The first kappa shape index (κ1) is 28.1. The molecule has 1 saturated heterocycles. The number of carbonyl (C=O) groups excluding carboxylic acids is 2. The second-order valence-electron chi connectivity index (χ2n) is 9.25. The lowest BCUT2D eigenvalue weighted by Gasteiger charge is -2.09. The summed E-state index contributed by atoms with van der Waals surface area (Å²) in [5, 5.41) is 1.64. The lowest BCUT2D eigenvalue weighted by molar-refractivity contribution is -0.118. The summed E-state index contributed by atoms with van der Waals surface area (Å²) in [4.78, 5) is 27.9. The molecule has 2 heterocycles. The molecular weight excluding hydrogens is 562 g/mol. The molecule has 1 N–H and O–H groups in total. The van der Waals surface area contributed by atoms with Gasteiger partial charge in [-0.3, -0.25) is 14.9 Å². The highest BCUT2D eigenvalue weighted by atomic mass is 35.5. The molecule has 4 aromatic carbocycles. The van der Waals surface area contributed by atoms with Crippen molar-refractivity contribution in [3.63, 3.8) is 0 Å². The molecule has 8 nitrogen and oxygen atoms in total. The fourth-order valence-electron chi connectivity index (χ4n) is 4.36. The van der Waals surface area contributed by atoms with Crippen LogP contribution in [0.25, 0.3) is 11.0 Å². The van der Waals surface area contributed by atoms with Crippen molar-refractivity contribution < 1.29 is 23.8 Å². The maximum atomic E-state index is 11.8. The molecule has 0 radical (unpaired) electrons. The van der Waals surface area contributed by atoms with Crippen LogP contribution in [0.4, 0.5) is 4.79 Å². The Balaban J connectivity index is 0.00000337. The summed E-state index contributed by atoms with van der Waals surface area (Å²) in [7, 11) is 1.95. The molecule has 0 bridgehead atoms. The van der Waals surface area contributed by atoms with Crippen LogP contribution in [-0.2, 0) is 24.9 Å². The Morgan fingerprint density at radius 1 is 0.805 bits per heavy atom. The quantitative estimate of drug-likeness (QED) is 0.197. The number of hydrogen-bond donors (Lipinski definition) is 1. The number of carbonyl (C=O) groups is 2. The molecule has 10 heteroatoms. The van der Waals surface area contributed by atoms with E-state index in [0.717, 1.165) is 45.7 Å². The number of imide groups is 1. The van der Waals surface area contributed by atoms with Crippen LogP contribution in [0, 0.1) is 0 Å². The SMILES string of the molecule is Cl.Cn1c(COc2ccc(CC3SC(=O)NC3=O)cc2)nc2ccc(Oc3ccc(Oc4ccccc4)cc3)cc21. The normalized spacial score (nSPS) is 14.4. The molecule has 6 rings (SSSR count). The topological polar surface area (TPSA) is 91.7 Å². The molecule has 0 spiro atoms. The number of benzene rings is 4. The summed E-state index contributed by atoms with van der Waals surface area (Å²) >= 11 is 1.03. The number of amides is 2. The molecule has 2 amide bonds. The summed E-state index contributed by atoms with van der Waals surface area (Å²) in [6.07, 6.45) is 0.489. The second kappa shape index (κ2) is 12.4. The number of nitrogens with one attached hydrogen (secondary N) is 1. The Bertz CT molecular complexity index is 1670. The molecule has 1 atom stereocenters. The molecule has 0 aliphatic carbocycles. The van der Waals surface area contributed by atoms with E-state index in [1.807, 2.05) is 109 Å². The van der Waals surface area contributed by atoms with Crippen LogP contribution in [0.1, 0.15) is 11.4 Å². The summed E-state index contributed by atoms with van der Waals surface area (Å²) in [6.45, 7) is 0.291. The number of aryl methyl sites for hydroxylation is 1. The smallest absolute Gasteiger partial charge is 0.286 e. The molecule has 41 heavy (non-hydrogen) atoms. The fourth-order valence-corrected chi connectivity index (χ4v) is 5.22. The number of imidazole rings is 1. The van der Waals surface area contributed by atoms with Crippen LogP contribution in [0.5, 0.6) is 28.7 Å². The van der Waals surface area contributed by atoms with E-state index in [1.54, 1.807) is 0 Å². The van der Waals surface area contributed by atoms with Crippen molar-refractivity contribution >= 4 is 46.3 Å². The van der Waals surface area contributed by atoms with Gasteiger partial charge in [0.05, 0.1) is 16.3 Å².